The molecule has 1 aliphatic rings. The van der Waals surface area contributed by atoms with Gasteiger partial charge in [-0.3, -0.25) is 4.79 Å². The summed E-state index contributed by atoms with van der Waals surface area (Å²) in [6, 6.07) is 0. The molecule has 0 aromatic rings. The van der Waals surface area contributed by atoms with Crippen LogP contribution in [-0.2, 0) is 9.53 Å². The maximum Gasteiger partial charge on any atom is 0.303 e. The lowest BCUT2D eigenvalue weighted by Crippen LogP contribution is -1.93. The molecule has 0 bridgehead atoms. The van der Waals surface area contributed by atoms with Gasteiger partial charge in [-0.2, -0.15) is 0 Å². The number of carbonyl (C=O) groups is 1. The van der Waals surface area contributed by atoms with Crippen molar-refractivity contribution in [3.05, 3.63) is 24.3 Å². The van der Waals surface area contributed by atoms with E-state index in [1.165, 1.54) is 12.8 Å². The average Bonchev–Trinajstić information content (AvgIpc) is 3.22. The van der Waals surface area contributed by atoms with Gasteiger partial charge in [0.25, 0.3) is 0 Å². The smallest absolute Gasteiger partial charge is 0.303 e. The van der Waals surface area contributed by atoms with Crippen molar-refractivity contribution in [1.29, 1.82) is 0 Å². The van der Waals surface area contributed by atoms with Gasteiger partial charge in [-0.05, 0) is 38.5 Å². The summed E-state index contributed by atoms with van der Waals surface area (Å²) >= 11 is 0. The van der Waals surface area contributed by atoms with E-state index in [9.17, 15) is 4.79 Å². The van der Waals surface area contributed by atoms with Gasteiger partial charge >= 0.3 is 5.97 Å². The number of rotatable bonds is 13. The first kappa shape index (κ1) is 18.0. The minimum absolute atomic E-state index is 0.317. The van der Waals surface area contributed by atoms with Crippen LogP contribution in [0.25, 0.3) is 0 Å². The van der Waals surface area contributed by atoms with Crippen LogP contribution in [0.15, 0.2) is 24.3 Å². The summed E-state index contributed by atoms with van der Waals surface area (Å²) in [5.74, 6) is -0.676. The molecule has 1 N–H and O–H groups in total. The van der Waals surface area contributed by atoms with Crippen molar-refractivity contribution in [2.45, 2.75) is 83.3 Å². The Morgan fingerprint density at radius 3 is 2.43 bits per heavy atom. The van der Waals surface area contributed by atoms with Gasteiger partial charge < -0.3 is 9.84 Å². The fourth-order valence-electron chi connectivity index (χ4n) is 2.43. The number of unbranched alkanes of at least 4 members (excludes halogenated alkanes) is 5. The van der Waals surface area contributed by atoms with E-state index in [0.29, 0.717) is 18.6 Å². The summed E-state index contributed by atoms with van der Waals surface area (Å²) in [6.07, 6.45) is 20.0. The Morgan fingerprint density at radius 1 is 1.00 bits per heavy atom. The molecule has 21 heavy (non-hydrogen) atoms. The molecule has 0 aliphatic carbocycles. The Bertz CT molecular complexity index is 333. The number of allylic oxidation sites excluding steroid dienone is 3. The summed E-state index contributed by atoms with van der Waals surface area (Å²) in [5.41, 5.74) is 0. The van der Waals surface area contributed by atoms with Crippen molar-refractivity contribution >= 4 is 5.97 Å². The summed E-state index contributed by atoms with van der Waals surface area (Å²) in [6.45, 7) is 2.17. The van der Waals surface area contributed by atoms with E-state index in [-0.39, 0.29) is 0 Å². The summed E-state index contributed by atoms with van der Waals surface area (Å²) in [4.78, 5) is 10.3. The highest BCUT2D eigenvalue weighted by atomic mass is 16.6. The van der Waals surface area contributed by atoms with Crippen molar-refractivity contribution in [3.63, 3.8) is 0 Å². The van der Waals surface area contributed by atoms with Crippen LogP contribution >= 0.6 is 0 Å². The van der Waals surface area contributed by atoms with Crippen molar-refractivity contribution in [1.82, 2.24) is 0 Å². The molecule has 2 atom stereocenters. The zero-order valence-corrected chi connectivity index (χ0v) is 13.3. The summed E-state index contributed by atoms with van der Waals surface area (Å²) in [7, 11) is 0. The molecular formula is C18H30O3. The van der Waals surface area contributed by atoms with E-state index in [4.69, 9.17) is 9.84 Å². The molecule has 120 valence electrons. The lowest BCUT2D eigenvalue weighted by atomic mass is 10.1. The fraction of sp³-hybridized carbons (Fsp3) is 0.722. The Hall–Kier alpha value is -1.09. The second-order valence-electron chi connectivity index (χ2n) is 5.74. The second-order valence-corrected chi connectivity index (χ2v) is 5.74. The van der Waals surface area contributed by atoms with Crippen LogP contribution in [0.4, 0.5) is 0 Å². The number of ether oxygens (including phenoxy) is 1. The van der Waals surface area contributed by atoms with Crippen LogP contribution in [0.3, 0.4) is 0 Å². The van der Waals surface area contributed by atoms with Crippen LogP contribution < -0.4 is 0 Å². The molecule has 1 aliphatic heterocycles. The van der Waals surface area contributed by atoms with Crippen LogP contribution in [0.1, 0.15) is 71.1 Å². The normalized spacial score (nSPS) is 21.4. The predicted molar refractivity (Wildman–Crippen MR) is 86.4 cm³/mol. The molecule has 0 saturated carbocycles. The first-order chi connectivity index (χ1) is 10.2. The Kier molecular flexibility index (Phi) is 9.88. The van der Waals surface area contributed by atoms with Crippen LogP contribution in [-0.4, -0.2) is 23.3 Å². The van der Waals surface area contributed by atoms with Gasteiger partial charge in [0.05, 0.1) is 12.2 Å². The first-order valence-corrected chi connectivity index (χ1v) is 8.41. The third kappa shape index (κ3) is 10.3. The number of aliphatic carboxylic acids is 1. The van der Waals surface area contributed by atoms with Crippen LogP contribution in [0, 0.1) is 0 Å². The highest BCUT2D eigenvalue weighted by molar-refractivity contribution is 5.66. The average molecular weight is 294 g/mol. The highest BCUT2D eigenvalue weighted by Gasteiger charge is 2.35. The lowest BCUT2D eigenvalue weighted by molar-refractivity contribution is -0.137. The molecular weight excluding hydrogens is 264 g/mol. The summed E-state index contributed by atoms with van der Waals surface area (Å²) < 4.78 is 5.48. The van der Waals surface area contributed by atoms with Crippen molar-refractivity contribution in [2.75, 3.05) is 0 Å². The van der Waals surface area contributed by atoms with Crippen molar-refractivity contribution in [2.24, 2.45) is 0 Å². The standard InChI is InChI=1S/C18H30O3/c1-2-16-17(21-16)14-12-10-8-6-4-3-5-7-9-11-13-15-18(19)20/h4,6,10,12,16-17H,2-3,5,7-9,11,13-15H2,1H3,(H,19,20)/b6-4-,12-10-. The van der Waals surface area contributed by atoms with Crippen molar-refractivity contribution in [3.8, 4) is 0 Å². The van der Waals surface area contributed by atoms with Crippen molar-refractivity contribution < 1.29 is 14.6 Å². The van der Waals surface area contributed by atoms with Crippen LogP contribution in [0.2, 0.25) is 0 Å². The largest absolute Gasteiger partial charge is 0.481 e. The predicted octanol–water partition coefficient (Wildman–Crippen LogP) is 4.87. The van der Waals surface area contributed by atoms with Gasteiger partial charge in [-0.25, -0.2) is 0 Å². The third-order valence-electron chi connectivity index (χ3n) is 3.83. The Morgan fingerprint density at radius 2 is 1.71 bits per heavy atom. The molecule has 0 aromatic carbocycles. The van der Waals surface area contributed by atoms with Crippen LogP contribution in [0.5, 0.6) is 0 Å². The number of carboxylic acids is 1. The van der Waals surface area contributed by atoms with Gasteiger partial charge in [-0.1, -0.05) is 50.5 Å². The quantitative estimate of drug-likeness (QED) is 0.299. The van der Waals surface area contributed by atoms with E-state index < -0.39 is 5.97 Å². The lowest BCUT2D eigenvalue weighted by Gasteiger charge is -1.98. The molecule has 0 spiro atoms. The molecule has 1 fully saturated rings. The minimum atomic E-state index is -0.676. The molecule has 0 amide bonds. The fourth-order valence-corrected chi connectivity index (χ4v) is 2.43. The van der Waals surface area contributed by atoms with E-state index in [1.54, 1.807) is 0 Å². The Balaban J connectivity index is 1.80. The molecule has 0 radical (unpaired) electrons. The molecule has 2 unspecified atom stereocenters. The zero-order chi connectivity index (χ0) is 15.3. The minimum Gasteiger partial charge on any atom is -0.481 e. The van der Waals surface area contributed by atoms with Gasteiger partial charge in [0.1, 0.15) is 0 Å². The van der Waals surface area contributed by atoms with Gasteiger partial charge in [0, 0.05) is 6.42 Å². The monoisotopic (exact) mass is 294 g/mol. The summed E-state index contributed by atoms with van der Waals surface area (Å²) in [5, 5.41) is 8.51. The number of carboxylic acid groups (broad SMARTS) is 1. The van der Waals surface area contributed by atoms with E-state index >= 15 is 0 Å². The highest BCUT2D eigenvalue weighted by Crippen LogP contribution is 2.28. The van der Waals surface area contributed by atoms with E-state index in [1.807, 2.05) is 0 Å². The maximum absolute atomic E-state index is 10.3. The molecule has 3 nitrogen and oxygen atoms in total. The second kappa shape index (κ2) is 11.6. The number of hydrogen-bond acceptors (Lipinski definition) is 2. The molecule has 3 heteroatoms. The van der Waals surface area contributed by atoms with Gasteiger partial charge in [0.2, 0.25) is 0 Å². The molecule has 1 heterocycles. The zero-order valence-electron chi connectivity index (χ0n) is 13.3. The molecule has 0 aromatic heterocycles. The molecule has 1 saturated heterocycles. The Labute approximate surface area is 129 Å². The first-order valence-electron chi connectivity index (χ1n) is 8.41. The topological polar surface area (TPSA) is 49.8 Å². The van der Waals surface area contributed by atoms with E-state index in [0.717, 1.165) is 44.9 Å². The maximum atomic E-state index is 10.3. The SMILES string of the molecule is CCC1OC1C/C=C\C/C=C\CCCCCCCC(=O)O. The van der Waals surface area contributed by atoms with Gasteiger partial charge in [-0.15, -0.1) is 0 Å². The third-order valence-corrected chi connectivity index (χ3v) is 3.83. The van der Waals surface area contributed by atoms with Gasteiger partial charge in [0.15, 0.2) is 0 Å². The number of epoxide rings is 1. The number of hydrogen-bond donors (Lipinski definition) is 1. The van der Waals surface area contributed by atoms with E-state index in [2.05, 4.69) is 31.2 Å². The molecule has 1 rings (SSSR count).